The van der Waals surface area contributed by atoms with E-state index >= 15 is 0 Å². The molecule has 0 atom stereocenters. The van der Waals surface area contributed by atoms with Crippen LogP contribution in [0.4, 0.5) is 11.5 Å². The van der Waals surface area contributed by atoms with E-state index in [1.807, 2.05) is 19.9 Å². The number of anilines is 2. The van der Waals surface area contributed by atoms with Gasteiger partial charge in [-0.1, -0.05) is 0 Å². The normalized spacial score (nSPS) is 15.3. The van der Waals surface area contributed by atoms with Crippen LogP contribution < -0.4 is 5.32 Å². The summed E-state index contributed by atoms with van der Waals surface area (Å²) in [5.74, 6) is 2.03. The predicted octanol–water partition coefficient (Wildman–Crippen LogP) is 4.04. The van der Waals surface area contributed by atoms with E-state index in [1.54, 1.807) is 0 Å². The first kappa shape index (κ1) is 16.6. The Bertz CT molecular complexity index is 731. The highest BCUT2D eigenvalue weighted by Crippen LogP contribution is 2.33. The minimum absolute atomic E-state index is 0.521. The van der Waals surface area contributed by atoms with Crippen molar-refractivity contribution < 1.29 is 4.74 Å². The van der Waals surface area contributed by atoms with Crippen molar-refractivity contribution in [2.75, 3.05) is 18.5 Å². The minimum atomic E-state index is 0.521. The summed E-state index contributed by atoms with van der Waals surface area (Å²) in [6, 6.07) is 6.19. The van der Waals surface area contributed by atoms with Crippen molar-refractivity contribution in [2.24, 2.45) is 0 Å². The summed E-state index contributed by atoms with van der Waals surface area (Å²) in [4.78, 5) is 8.77. The van der Waals surface area contributed by atoms with Crippen LogP contribution >= 0.6 is 0 Å². The summed E-state index contributed by atoms with van der Waals surface area (Å²) < 4.78 is 5.49. The van der Waals surface area contributed by atoms with Crippen LogP contribution in [0.1, 0.15) is 47.0 Å². The van der Waals surface area contributed by atoms with Crippen molar-refractivity contribution in [3.63, 3.8) is 0 Å². The topological polar surface area (TPSA) is 70.9 Å². The monoisotopic (exact) mass is 324 g/mol. The number of benzene rings is 1. The zero-order valence-corrected chi connectivity index (χ0v) is 14.5. The molecule has 3 rings (SSSR count). The zero-order chi connectivity index (χ0) is 17.1. The van der Waals surface area contributed by atoms with E-state index in [2.05, 4.69) is 34.3 Å². The second-order valence-corrected chi connectivity index (χ2v) is 6.39. The lowest BCUT2D eigenvalue weighted by Crippen LogP contribution is -2.15. The van der Waals surface area contributed by atoms with E-state index in [1.165, 1.54) is 17.3 Å². The van der Waals surface area contributed by atoms with Crippen LogP contribution in [0.25, 0.3) is 0 Å². The fourth-order valence-corrected chi connectivity index (χ4v) is 3.34. The number of hydrogen-bond donors (Lipinski definition) is 2. The molecule has 126 valence electrons. The first-order valence-corrected chi connectivity index (χ1v) is 8.39. The van der Waals surface area contributed by atoms with Crippen LogP contribution in [0.5, 0.6) is 0 Å². The molecule has 0 aliphatic carbocycles. The van der Waals surface area contributed by atoms with Gasteiger partial charge >= 0.3 is 0 Å². The third-order valence-corrected chi connectivity index (χ3v) is 4.48. The molecule has 0 bridgehead atoms. The maximum absolute atomic E-state index is 7.73. The van der Waals surface area contributed by atoms with E-state index in [0.29, 0.717) is 5.92 Å². The van der Waals surface area contributed by atoms with Gasteiger partial charge in [0.05, 0.1) is 0 Å². The molecule has 1 aromatic heterocycles. The Morgan fingerprint density at radius 1 is 1.12 bits per heavy atom. The van der Waals surface area contributed by atoms with E-state index in [9.17, 15) is 0 Å². The van der Waals surface area contributed by atoms with Gasteiger partial charge in [-0.25, -0.2) is 9.97 Å². The lowest BCUT2D eigenvalue weighted by atomic mass is 9.87. The van der Waals surface area contributed by atoms with Gasteiger partial charge in [0.1, 0.15) is 11.6 Å². The molecule has 2 heterocycles. The second kappa shape index (κ2) is 7.09. The maximum atomic E-state index is 7.73. The molecule has 0 radical (unpaired) electrons. The maximum Gasteiger partial charge on any atom is 0.134 e. The number of hydrogen-bond acceptors (Lipinski definition) is 5. The number of rotatable bonds is 4. The van der Waals surface area contributed by atoms with Crippen molar-refractivity contribution in [3.05, 3.63) is 46.4 Å². The third kappa shape index (κ3) is 3.62. The van der Waals surface area contributed by atoms with E-state index in [0.717, 1.165) is 54.6 Å². The molecule has 1 aromatic carbocycles. The highest BCUT2D eigenvalue weighted by Gasteiger charge is 2.19. The van der Waals surface area contributed by atoms with Gasteiger partial charge in [0.2, 0.25) is 0 Å². The molecule has 1 saturated heterocycles. The van der Waals surface area contributed by atoms with E-state index < -0.39 is 0 Å². The molecule has 0 spiro atoms. The zero-order valence-electron chi connectivity index (χ0n) is 14.5. The molecular weight excluding hydrogens is 300 g/mol. The van der Waals surface area contributed by atoms with Crippen LogP contribution in [0.3, 0.4) is 0 Å². The number of aromatic nitrogens is 2. The van der Waals surface area contributed by atoms with Gasteiger partial charge in [-0.15, -0.1) is 0 Å². The standard InChI is InChI=1S/C19H24N4O/c1-12-8-16(11-20)18(10-17(12)15-4-6-24-7-5-15)23-19-9-13(2)21-14(3)22-19/h8-11,15,20H,4-7H2,1-3H3,(H,21,22,23). The summed E-state index contributed by atoms with van der Waals surface area (Å²) >= 11 is 0. The van der Waals surface area contributed by atoms with Crippen molar-refractivity contribution in [3.8, 4) is 0 Å². The first-order chi connectivity index (χ1) is 11.6. The van der Waals surface area contributed by atoms with Crippen LogP contribution in [0, 0.1) is 26.2 Å². The van der Waals surface area contributed by atoms with Crippen LogP contribution in [0.2, 0.25) is 0 Å². The average Bonchev–Trinajstić information content (AvgIpc) is 2.56. The Morgan fingerprint density at radius 3 is 2.54 bits per heavy atom. The van der Waals surface area contributed by atoms with Crippen molar-refractivity contribution in [1.29, 1.82) is 5.41 Å². The highest BCUT2D eigenvalue weighted by molar-refractivity contribution is 5.88. The number of aryl methyl sites for hydroxylation is 3. The number of ether oxygens (including phenoxy) is 1. The lowest BCUT2D eigenvalue weighted by molar-refractivity contribution is 0.0852. The van der Waals surface area contributed by atoms with E-state index in [-0.39, 0.29) is 0 Å². The molecular formula is C19H24N4O. The molecule has 1 fully saturated rings. The molecule has 24 heavy (non-hydrogen) atoms. The smallest absolute Gasteiger partial charge is 0.134 e. The molecule has 0 unspecified atom stereocenters. The van der Waals surface area contributed by atoms with Gasteiger partial charge < -0.3 is 15.5 Å². The lowest BCUT2D eigenvalue weighted by Gasteiger charge is -2.25. The van der Waals surface area contributed by atoms with Crippen LogP contribution in [0.15, 0.2) is 18.2 Å². The molecule has 1 aliphatic heterocycles. The molecule has 0 saturated carbocycles. The van der Waals surface area contributed by atoms with Gasteiger partial charge in [0.15, 0.2) is 0 Å². The third-order valence-electron chi connectivity index (χ3n) is 4.48. The van der Waals surface area contributed by atoms with Crippen molar-refractivity contribution >= 4 is 17.7 Å². The Balaban J connectivity index is 1.97. The predicted molar refractivity (Wildman–Crippen MR) is 96.6 cm³/mol. The van der Waals surface area contributed by atoms with Gasteiger partial charge in [-0.05, 0) is 62.8 Å². The molecule has 2 N–H and O–H groups in total. The highest BCUT2D eigenvalue weighted by atomic mass is 16.5. The van der Waals surface area contributed by atoms with Crippen LogP contribution in [-0.4, -0.2) is 29.4 Å². The van der Waals surface area contributed by atoms with Crippen LogP contribution in [-0.2, 0) is 4.74 Å². The number of nitrogens with zero attached hydrogens (tertiary/aromatic N) is 2. The molecule has 2 aromatic rings. The summed E-state index contributed by atoms with van der Waals surface area (Å²) in [5, 5.41) is 11.1. The summed E-state index contributed by atoms with van der Waals surface area (Å²) in [6.07, 6.45) is 3.50. The Kier molecular flexibility index (Phi) is 4.90. The Labute approximate surface area is 143 Å². The van der Waals surface area contributed by atoms with Crippen molar-refractivity contribution in [2.45, 2.75) is 39.5 Å². The fourth-order valence-electron chi connectivity index (χ4n) is 3.34. The summed E-state index contributed by atoms with van der Waals surface area (Å²) in [5.41, 5.74) is 5.31. The van der Waals surface area contributed by atoms with Gasteiger partial charge in [0, 0.05) is 42.4 Å². The first-order valence-electron chi connectivity index (χ1n) is 8.39. The molecule has 5 nitrogen and oxygen atoms in total. The summed E-state index contributed by atoms with van der Waals surface area (Å²) in [7, 11) is 0. The summed E-state index contributed by atoms with van der Waals surface area (Å²) in [6.45, 7) is 7.62. The van der Waals surface area contributed by atoms with Gasteiger partial charge in [0.25, 0.3) is 0 Å². The quantitative estimate of drug-likeness (QED) is 0.833. The molecule has 1 aliphatic rings. The number of nitrogens with one attached hydrogen (secondary N) is 2. The van der Waals surface area contributed by atoms with Gasteiger partial charge in [-0.3, -0.25) is 0 Å². The SMILES string of the molecule is Cc1cc(Nc2cc(C3CCOCC3)c(C)cc2C=N)nc(C)n1. The Hall–Kier alpha value is -2.27. The largest absolute Gasteiger partial charge is 0.381 e. The minimum Gasteiger partial charge on any atom is -0.381 e. The second-order valence-electron chi connectivity index (χ2n) is 6.39. The van der Waals surface area contributed by atoms with E-state index in [4.69, 9.17) is 10.1 Å². The fraction of sp³-hybridized carbons (Fsp3) is 0.421. The average molecular weight is 324 g/mol. The molecule has 5 heteroatoms. The van der Waals surface area contributed by atoms with Gasteiger partial charge in [-0.2, -0.15) is 0 Å². The molecule has 0 amide bonds. The Morgan fingerprint density at radius 2 is 1.88 bits per heavy atom. The van der Waals surface area contributed by atoms with Crippen molar-refractivity contribution in [1.82, 2.24) is 9.97 Å².